The van der Waals surface area contributed by atoms with E-state index in [1.54, 1.807) is 0 Å². The minimum atomic E-state index is -0.0156. The second kappa shape index (κ2) is 11.8. The molecule has 1 saturated carbocycles. The van der Waals surface area contributed by atoms with Crippen LogP contribution in [0.5, 0.6) is 5.75 Å². The summed E-state index contributed by atoms with van der Waals surface area (Å²) in [5.74, 6) is 1.90. The Morgan fingerprint density at radius 2 is 1.63 bits per heavy atom. The minimum Gasteiger partial charge on any atom is -0.490 e. The van der Waals surface area contributed by atoms with Crippen LogP contribution >= 0.6 is 0 Å². The lowest BCUT2D eigenvalue weighted by Gasteiger charge is -2.38. The van der Waals surface area contributed by atoms with Crippen molar-refractivity contribution in [1.82, 2.24) is 4.90 Å². The van der Waals surface area contributed by atoms with E-state index < -0.39 is 0 Å². The van der Waals surface area contributed by atoms with Gasteiger partial charge in [0.1, 0.15) is 5.75 Å². The summed E-state index contributed by atoms with van der Waals surface area (Å²) in [5.41, 5.74) is 1.82. The molecule has 2 aliphatic rings. The zero-order valence-electron chi connectivity index (χ0n) is 22.4. The molecule has 0 amide bonds. The van der Waals surface area contributed by atoms with Gasteiger partial charge in [-0.1, -0.05) is 51.5 Å². The van der Waals surface area contributed by atoms with Crippen LogP contribution in [0.4, 0.5) is 0 Å². The summed E-state index contributed by atoms with van der Waals surface area (Å²) in [6, 6.07) is 13.4. The number of fused-ring (bicyclic) bond motifs is 1. The molecule has 1 saturated heterocycles. The molecule has 2 aromatic rings. The maximum atomic E-state index is 12.0. The Morgan fingerprint density at radius 3 is 2.31 bits per heavy atom. The highest BCUT2D eigenvalue weighted by Gasteiger charge is 2.32. The van der Waals surface area contributed by atoms with Gasteiger partial charge in [-0.25, -0.2) is 0 Å². The summed E-state index contributed by atoms with van der Waals surface area (Å²) in [6.07, 6.45) is 9.37. The summed E-state index contributed by atoms with van der Waals surface area (Å²) >= 11 is 0. The van der Waals surface area contributed by atoms with Crippen LogP contribution in [0.25, 0.3) is 10.8 Å². The van der Waals surface area contributed by atoms with Gasteiger partial charge in [0.15, 0.2) is 0 Å². The first-order chi connectivity index (χ1) is 16.9. The molecule has 0 aromatic heterocycles. The van der Waals surface area contributed by atoms with Crippen LogP contribution in [-0.4, -0.2) is 43.2 Å². The van der Waals surface area contributed by atoms with Gasteiger partial charge >= 0.3 is 5.97 Å². The number of rotatable bonds is 9. The zero-order chi connectivity index (χ0) is 24.8. The maximum absolute atomic E-state index is 12.0. The summed E-state index contributed by atoms with van der Waals surface area (Å²) in [7, 11) is 0. The molecule has 4 rings (SSSR count). The lowest BCUT2D eigenvalue weighted by molar-refractivity contribution is -0.149. The number of benzene rings is 2. The van der Waals surface area contributed by atoms with Gasteiger partial charge in [-0.15, -0.1) is 0 Å². The Morgan fingerprint density at radius 1 is 0.943 bits per heavy atom. The number of carbonyl (C=O) groups is 1. The molecule has 0 N–H and O–H groups in total. The number of piperidine rings is 1. The number of nitrogens with zero attached hydrogens (tertiary/aromatic N) is 1. The van der Waals surface area contributed by atoms with E-state index in [2.05, 4.69) is 62.1 Å². The summed E-state index contributed by atoms with van der Waals surface area (Å²) in [6.45, 7) is 12.5. The van der Waals surface area contributed by atoms with Crippen molar-refractivity contribution < 1.29 is 14.3 Å². The van der Waals surface area contributed by atoms with E-state index >= 15 is 0 Å². The van der Waals surface area contributed by atoms with Crippen molar-refractivity contribution in [2.45, 2.75) is 85.2 Å². The predicted octanol–water partition coefficient (Wildman–Crippen LogP) is 7.03. The largest absolute Gasteiger partial charge is 0.490 e. The van der Waals surface area contributed by atoms with Crippen molar-refractivity contribution in [1.29, 1.82) is 0 Å². The van der Waals surface area contributed by atoms with Gasteiger partial charge in [-0.3, -0.25) is 4.79 Å². The average Bonchev–Trinajstić information content (AvgIpc) is 2.88. The highest BCUT2D eigenvalue weighted by Crippen LogP contribution is 2.41. The Balaban J connectivity index is 1.26. The van der Waals surface area contributed by atoms with Crippen molar-refractivity contribution >= 4 is 16.7 Å². The molecule has 0 bridgehead atoms. The first-order valence-corrected chi connectivity index (χ1v) is 14.0. The van der Waals surface area contributed by atoms with Gasteiger partial charge in [0.25, 0.3) is 0 Å². The van der Waals surface area contributed by atoms with Gasteiger partial charge in [0, 0.05) is 6.54 Å². The molecule has 0 atom stereocenters. The van der Waals surface area contributed by atoms with E-state index in [0.717, 1.165) is 50.6 Å². The normalized spacial score (nSPS) is 22.3. The number of hydrogen-bond donors (Lipinski definition) is 0. The van der Waals surface area contributed by atoms with Crippen molar-refractivity contribution in [2.24, 2.45) is 17.3 Å². The predicted molar refractivity (Wildman–Crippen MR) is 144 cm³/mol. The molecule has 35 heavy (non-hydrogen) atoms. The lowest BCUT2D eigenvalue weighted by atomic mass is 9.69. The van der Waals surface area contributed by atoms with E-state index in [1.807, 2.05) is 6.92 Å². The van der Waals surface area contributed by atoms with Crippen molar-refractivity contribution in [3.63, 3.8) is 0 Å². The summed E-state index contributed by atoms with van der Waals surface area (Å²) in [5, 5.41) is 2.53. The number of carbonyl (C=O) groups excluding carboxylic acids is 1. The molecule has 192 valence electrons. The maximum Gasteiger partial charge on any atom is 0.309 e. The first-order valence-electron chi connectivity index (χ1n) is 14.0. The van der Waals surface area contributed by atoms with Gasteiger partial charge < -0.3 is 14.4 Å². The van der Waals surface area contributed by atoms with Gasteiger partial charge in [-0.2, -0.15) is 0 Å². The van der Waals surface area contributed by atoms with Crippen LogP contribution < -0.4 is 4.74 Å². The monoisotopic (exact) mass is 479 g/mol. The minimum absolute atomic E-state index is 0.0156. The number of hydrogen-bond acceptors (Lipinski definition) is 4. The van der Waals surface area contributed by atoms with Crippen LogP contribution in [-0.2, 0) is 16.0 Å². The van der Waals surface area contributed by atoms with E-state index in [4.69, 9.17) is 9.47 Å². The summed E-state index contributed by atoms with van der Waals surface area (Å²) in [4.78, 5) is 14.4. The molecule has 4 heteroatoms. The molecule has 0 radical (unpaired) electrons. The lowest BCUT2D eigenvalue weighted by Crippen LogP contribution is -2.38. The first kappa shape index (κ1) is 26.0. The fourth-order valence-corrected chi connectivity index (χ4v) is 5.88. The fourth-order valence-electron chi connectivity index (χ4n) is 5.88. The highest BCUT2D eigenvalue weighted by atomic mass is 16.5. The second-order valence-electron chi connectivity index (χ2n) is 11.4. The Bertz CT molecular complexity index is 968. The molecule has 1 aliphatic heterocycles. The van der Waals surface area contributed by atoms with Crippen LogP contribution in [0.2, 0.25) is 0 Å². The molecule has 1 heterocycles. The van der Waals surface area contributed by atoms with Crippen molar-refractivity contribution in [2.75, 3.05) is 26.2 Å². The Labute approximate surface area is 212 Å². The van der Waals surface area contributed by atoms with Gasteiger partial charge in [0.05, 0.1) is 18.6 Å². The van der Waals surface area contributed by atoms with Gasteiger partial charge in [0.2, 0.25) is 0 Å². The van der Waals surface area contributed by atoms with Gasteiger partial charge in [-0.05, 0) is 105 Å². The van der Waals surface area contributed by atoms with Crippen LogP contribution in [0.3, 0.4) is 0 Å². The van der Waals surface area contributed by atoms with Crippen LogP contribution in [0.1, 0.15) is 78.2 Å². The molecule has 4 nitrogen and oxygen atoms in total. The molecule has 1 aliphatic carbocycles. The second-order valence-corrected chi connectivity index (χ2v) is 11.4. The van der Waals surface area contributed by atoms with E-state index in [9.17, 15) is 4.79 Å². The smallest absolute Gasteiger partial charge is 0.309 e. The Kier molecular flexibility index (Phi) is 8.75. The molecule has 2 aromatic carbocycles. The third-order valence-corrected chi connectivity index (χ3v) is 8.79. The Hall–Kier alpha value is -2.07. The van der Waals surface area contributed by atoms with E-state index in [0.29, 0.717) is 18.1 Å². The molecule has 0 spiro atoms. The third kappa shape index (κ3) is 6.78. The SMILES string of the molecule is CCOC(=O)C1CCN(CCc2ccc3cc(OC4CCC(C(C)(C)CC)CC4)ccc3c2)CC1. The number of esters is 1. The number of likely N-dealkylation sites (tertiary alicyclic amines) is 1. The zero-order valence-corrected chi connectivity index (χ0v) is 22.4. The average molecular weight is 480 g/mol. The topological polar surface area (TPSA) is 38.8 Å². The van der Waals surface area contributed by atoms with E-state index in [-0.39, 0.29) is 11.9 Å². The van der Waals surface area contributed by atoms with Crippen LogP contribution in [0.15, 0.2) is 36.4 Å². The quantitative estimate of drug-likeness (QED) is 0.362. The summed E-state index contributed by atoms with van der Waals surface area (Å²) < 4.78 is 11.6. The highest BCUT2D eigenvalue weighted by molar-refractivity contribution is 5.84. The standard InChI is InChI=1S/C31H45NO3/c1-5-31(3,4)27-10-13-28(14-11-27)35-29-12-9-25-21-23(7-8-26(25)22-29)15-18-32-19-16-24(17-20-32)30(33)34-6-2/h7-9,12,21-22,24,27-28H,5-6,10-11,13-20H2,1-4H3. The molecule has 0 unspecified atom stereocenters. The third-order valence-electron chi connectivity index (χ3n) is 8.79. The van der Waals surface area contributed by atoms with Crippen molar-refractivity contribution in [3.8, 4) is 5.75 Å². The number of ether oxygens (including phenoxy) is 2. The van der Waals surface area contributed by atoms with Crippen molar-refractivity contribution in [3.05, 3.63) is 42.0 Å². The van der Waals surface area contributed by atoms with Crippen LogP contribution in [0, 0.1) is 17.3 Å². The molecule has 2 fully saturated rings. The molecular weight excluding hydrogens is 434 g/mol. The van der Waals surface area contributed by atoms with E-state index in [1.165, 1.54) is 48.4 Å². The molecular formula is C31H45NO3. The fraction of sp³-hybridized carbons (Fsp3) is 0.645.